The van der Waals surface area contributed by atoms with Crippen molar-refractivity contribution in [3.8, 4) is 0 Å². The summed E-state index contributed by atoms with van der Waals surface area (Å²) in [5.74, 6) is 3.07. The minimum atomic E-state index is 0.274. The number of hydrogen-bond donors (Lipinski definition) is 0. The van der Waals surface area contributed by atoms with Gasteiger partial charge in [-0.25, -0.2) is 0 Å². The van der Waals surface area contributed by atoms with Crippen molar-refractivity contribution in [1.82, 2.24) is 0 Å². The third kappa shape index (κ3) is 2.96. The summed E-state index contributed by atoms with van der Waals surface area (Å²) in [7, 11) is 0. The van der Waals surface area contributed by atoms with Gasteiger partial charge < -0.3 is 0 Å². The molecule has 0 N–H and O–H groups in total. The monoisotopic (exact) mass is 220 g/mol. The number of ketones is 1. The summed E-state index contributed by atoms with van der Waals surface area (Å²) in [4.78, 5) is 11.5. The van der Waals surface area contributed by atoms with Crippen LogP contribution >= 0.6 is 0 Å². The number of hydrogen-bond acceptors (Lipinski definition) is 1. The molecule has 2 aliphatic carbocycles. The summed E-state index contributed by atoms with van der Waals surface area (Å²) in [5.41, 5.74) is 0.732. The number of Topliss-reactive ketones (excluding diaryl/α,β-unsaturated/α-hetero) is 1. The Morgan fingerprint density at radius 2 is 1.81 bits per heavy atom. The van der Waals surface area contributed by atoms with E-state index in [2.05, 4.69) is 6.58 Å². The van der Waals surface area contributed by atoms with Gasteiger partial charge in [0.2, 0.25) is 0 Å². The molecule has 2 unspecified atom stereocenters. The Hall–Kier alpha value is -0.590. The third-order valence-corrected chi connectivity index (χ3v) is 4.48. The van der Waals surface area contributed by atoms with Crippen molar-refractivity contribution in [3.63, 3.8) is 0 Å². The summed E-state index contributed by atoms with van der Waals surface area (Å²) in [5, 5.41) is 0. The molecular formula is C15H24O. The van der Waals surface area contributed by atoms with Crippen LogP contribution in [0.25, 0.3) is 0 Å². The Morgan fingerprint density at radius 1 is 1.19 bits per heavy atom. The zero-order valence-corrected chi connectivity index (χ0v) is 10.5. The quantitative estimate of drug-likeness (QED) is 0.651. The van der Waals surface area contributed by atoms with Gasteiger partial charge in [0.25, 0.3) is 0 Å². The van der Waals surface area contributed by atoms with E-state index in [1.165, 1.54) is 38.5 Å². The fourth-order valence-corrected chi connectivity index (χ4v) is 3.65. The van der Waals surface area contributed by atoms with Gasteiger partial charge in [-0.3, -0.25) is 4.79 Å². The maximum absolute atomic E-state index is 11.5. The molecule has 2 aliphatic rings. The van der Waals surface area contributed by atoms with Crippen LogP contribution in [0.2, 0.25) is 0 Å². The zero-order valence-electron chi connectivity index (χ0n) is 10.5. The van der Waals surface area contributed by atoms with Crippen LogP contribution in [0.15, 0.2) is 12.2 Å². The summed E-state index contributed by atoms with van der Waals surface area (Å²) >= 11 is 0. The van der Waals surface area contributed by atoms with Gasteiger partial charge in [-0.2, -0.15) is 0 Å². The van der Waals surface area contributed by atoms with Crippen molar-refractivity contribution in [3.05, 3.63) is 12.2 Å². The number of fused-ring (bicyclic) bond motifs is 2. The largest absolute Gasteiger partial charge is 0.295 e. The van der Waals surface area contributed by atoms with Crippen molar-refractivity contribution >= 4 is 5.78 Å². The van der Waals surface area contributed by atoms with Crippen LogP contribution in [0.5, 0.6) is 0 Å². The normalized spacial score (nSPS) is 33.4. The lowest BCUT2D eigenvalue weighted by molar-refractivity contribution is -0.115. The second-order valence-corrected chi connectivity index (χ2v) is 5.98. The molecule has 2 atom stereocenters. The molecule has 0 aromatic carbocycles. The molecule has 0 saturated heterocycles. The topological polar surface area (TPSA) is 17.1 Å². The Morgan fingerprint density at radius 3 is 2.38 bits per heavy atom. The van der Waals surface area contributed by atoms with Gasteiger partial charge >= 0.3 is 0 Å². The lowest BCUT2D eigenvalue weighted by atomic mass is 9.67. The van der Waals surface area contributed by atoms with E-state index < -0.39 is 0 Å². The van der Waals surface area contributed by atoms with E-state index in [0.717, 1.165) is 36.2 Å². The average molecular weight is 220 g/mol. The average Bonchev–Trinajstić information content (AvgIpc) is 2.25. The van der Waals surface area contributed by atoms with Crippen molar-refractivity contribution < 1.29 is 4.79 Å². The highest BCUT2D eigenvalue weighted by atomic mass is 16.1. The molecule has 0 aliphatic heterocycles. The highest BCUT2D eigenvalue weighted by molar-refractivity contribution is 5.94. The summed E-state index contributed by atoms with van der Waals surface area (Å²) < 4.78 is 0. The molecule has 0 spiro atoms. The predicted molar refractivity (Wildman–Crippen MR) is 67.2 cm³/mol. The Balaban J connectivity index is 1.78. The minimum absolute atomic E-state index is 0.274. The van der Waals surface area contributed by atoms with Crippen LogP contribution in [0, 0.1) is 17.8 Å². The van der Waals surface area contributed by atoms with E-state index in [4.69, 9.17) is 0 Å². The van der Waals surface area contributed by atoms with E-state index in [9.17, 15) is 4.79 Å². The molecule has 0 aromatic heterocycles. The fraction of sp³-hybridized carbons (Fsp3) is 0.800. The van der Waals surface area contributed by atoms with E-state index in [1.807, 2.05) is 6.92 Å². The maximum Gasteiger partial charge on any atom is 0.157 e. The first-order chi connectivity index (χ1) is 7.65. The molecule has 0 amide bonds. The van der Waals surface area contributed by atoms with Crippen LogP contribution in [0.1, 0.15) is 58.3 Å². The first-order valence-corrected chi connectivity index (χ1v) is 6.84. The standard InChI is InChI=1S/C15H24O/c1-11(2)15(16)7-6-14-9-12-4-3-5-13(8-12)10-14/h12-14H,1,3-10H2,2H3. The molecule has 1 nitrogen and oxygen atoms in total. The summed E-state index contributed by atoms with van der Waals surface area (Å²) in [6, 6.07) is 0. The molecule has 2 fully saturated rings. The number of allylic oxidation sites excluding steroid dienone is 1. The van der Waals surface area contributed by atoms with E-state index >= 15 is 0 Å². The van der Waals surface area contributed by atoms with Gasteiger partial charge in [0, 0.05) is 6.42 Å². The molecule has 2 saturated carbocycles. The Bertz CT molecular complexity index is 267. The van der Waals surface area contributed by atoms with Crippen molar-refractivity contribution in [2.45, 2.75) is 58.3 Å². The second kappa shape index (κ2) is 5.16. The van der Waals surface area contributed by atoms with Crippen molar-refractivity contribution in [2.24, 2.45) is 17.8 Å². The smallest absolute Gasteiger partial charge is 0.157 e. The lowest BCUT2D eigenvalue weighted by Gasteiger charge is -2.39. The van der Waals surface area contributed by atoms with Crippen LogP contribution < -0.4 is 0 Å². The molecule has 0 heterocycles. The van der Waals surface area contributed by atoms with Crippen molar-refractivity contribution in [1.29, 1.82) is 0 Å². The Kier molecular flexibility index (Phi) is 3.83. The van der Waals surface area contributed by atoms with E-state index in [0.29, 0.717) is 0 Å². The van der Waals surface area contributed by atoms with E-state index in [1.54, 1.807) is 0 Å². The SMILES string of the molecule is C=C(C)C(=O)CCC1CC2CCCC(C2)C1. The molecule has 2 bridgehead atoms. The number of rotatable bonds is 4. The van der Waals surface area contributed by atoms with Gasteiger partial charge in [-0.05, 0) is 55.9 Å². The first kappa shape index (κ1) is 11.9. The van der Waals surface area contributed by atoms with Gasteiger partial charge in [-0.15, -0.1) is 0 Å². The molecule has 16 heavy (non-hydrogen) atoms. The highest BCUT2D eigenvalue weighted by Gasteiger charge is 2.31. The molecule has 0 radical (unpaired) electrons. The fourth-order valence-electron chi connectivity index (χ4n) is 3.65. The molecule has 1 heteroatoms. The number of carbonyl (C=O) groups excluding carboxylic acids is 1. The van der Waals surface area contributed by atoms with Crippen molar-refractivity contribution in [2.75, 3.05) is 0 Å². The van der Waals surface area contributed by atoms with Crippen LogP contribution in [0.4, 0.5) is 0 Å². The number of carbonyl (C=O) groups is 1. The Labute approximate surface area is 99.3 Å². The molecule has 90 valence electrons. The first-order valence-electron chi connectivity index (χ1n) is 6.84. The summed E-state index contributed by atoms with van der Waals surface area (Å²) in [6.07, 6.45) is 10.4. The van der Waals surface area contributed by atoms with Gasteiger partial charge in [0.1, 0.15) is 0 Å². The predicted octanol–water partition coefficient (Wildman–Crippen LogP) is 4.13. The van der Waals surface area contributed by atoms with Crippen LogP contribution in [0.3, 0.4) is 0 Å². The maximum atomic E-state index is 11.5. The van der Waals surface area contributed by atoms with Gasteiger partial charge in [0.05, 0.1) is 0 Å². The lowest BCUT2D eigenvalue weighted by Crippen LogP contribution is -2.27. The van der Waals surface area contributed by atoms with E-state index in [-0.39, 0.29) is 5.78 Å². The van der Waals surface area contributed by atoms with Gasteiger partial charge in [-0.1, -0.05) is 25.8 Å². The third-order valence-electron chi connectivity index (χ3n) is 4.48. The van der Waals surface area contributed by atoms with Gasteiger partial charge in [0.15, 0.2) is 5.78 Å². The highest BCUT2D eigenvalue weighted by Crippen LogP contribution is 2.43. The minimum Gasteiger partial charge on any atom is -0.295 e. The second-order valence-electron chi connectivity index (χ2n) is 5.98. The zero-order chi connectivity index (χ0) is 11.5. The molecular weight excluding hydrogens is 196 g/mol. The molecule has 0 aromatic rings. The van der Waals surface area contributed by atoms with Crippen LogP contribution in [-0.2, 0) is 4.79 Å². The summed E-state index contributed by atoms with van der Waals surface area (Å²) in [6.45, 7) is 5.56. The van der Waals surface area contributed by atoms with Crippen LogP contribution in [-0.4, -0.2) is 5.78 Å². The molecule has 2 rings (SSSR count).